The van der Waals surface area contributed by atoms with E-state index in [4.69, 9.17) is 0 Å². The number of fused-ring (bicyclic) bond motifs is 1. The molecule has 2 heteroatoms. The van der Waals surface area contributed by atoms with E-state index in [1.165, 1.54) is 25.7 Å². The highest BCUT2D eigenvalue weighted by atomic mass is 127. The molecule has 0 saturated carbocycles. The van der Waals surface area contributed by atoms with Crippen LogP contribution in [0.2, 0.25) is 0 Å². The predicted octanol–water partition coefficient (Wildman–Crippen LogP) is 4.44. The number of aromatic amines is 1. The Labute approximate surface area is 108 Å². The van der Waals surface area contributed by atoms with Crippen molar-refractivity contribution >= 4 is 33.5 Å². The summed E-state index contributed by atoms with van der Waals surface area (Å²) in [5, 5.41) is 1.27. The molecule has 0 radical (unpaired) electrons. The number of benzene rings is 2. The van der Waals surface area contributed by atoms with Gasteiger partial charge in [0.1, 0.15) is 0 Å². The number of para-hydroxylation sites is 1. The smallest absolute Gasteiger partial charge is 0.0594 e. The first-order chi connectivity index (χ1) is 7.84. The van der Waals surface area contributed by atoms with E-state index in [0.717, 1.165) is 0 Å². The SMILES string of the molecule is Ic1cccc2cc(-c3ccccc3)[nH]c12. The van der Waals surface area contributed by atoms with Gasteiger partial charge >= 0.3 is 0 Å². The van der Waals surface area contributed by atoms with Gasteiger partial charge in [-0.2, -0.15) is 0 Å². The van der Waals surface area contributed by atoms with Gasteiger partial charge in [-0.05, 0) is 40.3 Å². The Morgan fingerprint density at radius 2 is 1.69 bits per heavy atom. The molecule has 2 aromatic carbocycles. The van der Waals surface area contributed by atoms with Crippen molar-refractivity contribution in [3.63, 3.8) is 0 Å². The average molecular weight is 319 g/mol. The van der Waals surface area contributed by atoms with E-state index in [1.54, 1.807) is 0 Å². The molecule has 1 N–H and O–H groups in total. The normalized spacial score (nSPS) is 10.8. The Morgan fingerprint density at radius 1 is 0.875 bits per heavy atom. The van der Waals surface area contributed by atoms with Crippen LogP contribution in [-0.2, 0) is 0 Å². The van der Waals surface area contributed by atoms with Gasteiger partial charge in [-0.25, -0.2) is 0 Å². The fourth-order valence-corrected chi connectivity index (χ4v) is 2.55. The average Bonchev–Trinajstić information content (AvgIpc) is 2.76. The summed E-state index contributed by atoms with van der Waals surface area (Å²) in [4.78, 5) is 3.47. The van der Waals surface area contributed by atoms with Crippen LogP contribution in [0.15, 0.2) is 54.6 Å². The van der Waals surface area contributed by atoms with Crippen LogP contribution in [0.5, 0.6) is 0 Å². The summed E-state index contributed by atoms with van der Waals surface area (Å²) in [6.45, 7) is 0. The minimum Gasteiger partial charge on any atom is -0.354 e. The van der Waals surface area contributed by atoms with E-state index >= 15 is 0 Å². The number of aromatic nitrogens is 1. The van der Waals surface area contributed by atoms with Gasteiger partial charge in [0, 0.05) is 14.7 Å². The highest BCUT2D eigenvalue weighted by Crippen LogP contribution is 2.26. The van der Waals surface area contributed by atoms with Crippen molar-refractivity contribution in [2.75, 3.05) is 0 Å². The first-order valence-corrected chi connectivity index (χ1v) is 6.25. The Balaban J connectivity index is 2.23. The molecule has 0 aliphatic heterocycles. The van der Waals surface area contributed by atoms with Gasteiger partial charge in [0.25, 0.3) is 0 Å². The summed E-state index contributed by atoms with van der Waals surface area (Å²) in [6.07, 6.45) is 0. The lowest BCUT2D eigenvalue weighted by atomic mass is 10.1. The number of H-pyrrole nitrogens is 1. The number of halogens is 1. The third-order valence-electron chi connectivity index (χ3n) is 2.69. The lowest BCUT2D eigenvalue weighted by Crippen LogP contribution is -1.76. The van der Waals surface area contributed by atoms with Gasteiger partial charge in [-0.3, -0.25) is 0 Å². The molecule has 0 fully saturated rings. The first-order valence-electron chi connectivity index (χ1n) is 5.17. The van der Waals surface area contributed by atoms with Gasteiger partial charge < -0.3 is 4.98 Å². The summed E-state index contributed by atoms with van der Waals surface area (Å²) in [7, 11) is 0. The lowest BCUT2D eigenvalue weighted by molar-refractivity contribution is 1.44. The third kappa shape index (κ3) is 1.63. The van der Waals surface area contributed by atoms with Gasteiger partial charge in [0.05, 0.1) is 5.52 Å². The molecule has 0 spiro atoms. The van der Waals surface area contributed by atoms with Crippen LogP contribution in [0.4, 0.5) is 0 Å². The molecular weight excluding hydrogens is 309 g/mol. The molecule has 1 aromatic heterocycles. The fourth-order valence-electron chi connectivity index (χ4n) is 1.89. The van der Waals surface area contributed by atoms with E-state index in [0.29, 0.717) is 0 Å². The maximum atomic E-state index is 3.47. The molecule has 3 rings (SSSR count). The summed E-state index contributed by atoms with van der Waals surface area (Å²) in [6, 6.07) is 19.0. The zero-order valence-corrected chi connectivity index (χ0v) is 10.7. The fraction of sp³-hybridized carbons (Fsp3) is 0. The van der Waals surface area contributed by atoms with Crippen LogP contribution in [0.1, 0.15) is 0 Å². The quantitative estimate of drug-likeness (QED) is 0.638. The lowest BCUT2D eigenvalue weighted by Gasteiger charge is -1.95. The minimum atomic E-state index is 1.18. The Bertz CT molecular complexity index is 626. The molecule has 1 heterocycles. The molecular formula is C14H10IN. The summed E-state index contributed by atoms with van der Waals surface area (Å²) in [5.41, 5.74) is 3.64. The Hall–Kier alpha value is -1.29. The van der Waals surface area contributed by atoms with Gasteiger partial charge in [0.2, 0.25) is 0 Å². The number of hydrogen-bond donors (Lipinski definition) is 1. The summed E-state index contributed by atoms with van der Waals surface area (Å²) in [5.74, 6) is 0. The van der Waals surface area contributed by atoms with Crippen LogP contribution in [-0.4, -0.2) is 4.98 Å². The second-order valence-electron chi connectivity index (χ2n) is 3.75. The first kappa shape index (κ1) is 9.90. The van der Waals surface area contributed by atoms with Crippen molar-refractivity contribution in [1.29, 1.82) is 0 Å². The minimum absolute atomic E-state index is 1.18. The third-order valence-corrected chi connectivity index (χ3v) is 3.59. The van der Waals surface area contributed by atoms with Crippen molar-refractivity contribution in [2.24, 2.45) is 0 Å². The summed E-state index contributed by atoms with van der Waals surface area (Å²) >= 11 is 2.36. The molecule has 0 saturated heterocycles. The van der Waals surface area contributed by atoms with Crippen LogP contribution in [0, 0.1) is 3.57 Å². The van der Waals surface area contributed by atoms with E-state index in [9.17, 15) is 0 Å². The van der Waals surface area contributed by atoms with E-state index < -0.39 is 0 Å². The number of hydrogen-bond acceptors (Lipinski definition) is 0. The molecule has 3 aromatic rings. The number of rotatable bonds is 1. The molecule has 78 valence electrons. The predicted molar refractivity (Wildman–Crippen MR) is 76.5 cm³/mol. The van der Waals surface area contributed by atoms with Crippen molar-refractivity contribution in [2.45, 2.75) is 0 Å². The van der Waals surface area contributed by atoms with Crippen molar-refractivity contribution in [3.8, 4) is 11.3 Å². The molecule has 16 heavy (non-hydrogen) atoms. The molecule has 0 aliphatic rings. The van der Waals surface area contributed by atoms with E-state index in [2.05, 4.69) is 76.1 Å². The van der Waals surface area contributed by atoms with Crippen LogP contribution in [0.25, 0.3) is 22.2 Å². The van der Waals surface area contributed by atoms with Gasteiger partial charge in [0.15, 0.2) is 0 Å². The van der Waals surface area contributed by atoms with Crippen molar-refractivity contribution in [1.82, 2.24) is 4.98 Å². The molecule has 0 unspecified atom stereocenters. The summed E-state index contributed by atoms with van der Waals surface area (Å²) < 4.78 is 1.26. The molecule has 0 amide bonds. The zero-order chi connectivity index (χ0) is 11.0. The molecule has 0 bridgehead atoms. The van der Waals surface area contributed by atoms with Gasteiger partial charge in [-0.1, -0.05) is 42.5 Å². The molecule has 1 nitrogen and oxygen atoms in total. The molecule has 0 atom stereocenters. The Morgan fingerprint density at radius 3 is 2.44 bits per heavy atom. The van der Waals surface area contributed by atoms with Crippen LogP contribution < -0.4 is 0 Å². The number of nitrogens with one attached hydrogen (secondary N) is 1. The maximum Gasteiger partial charge on any atom is 0.0594 e. The van der Waals surface area contributed by atoms with Gasteiger partial charge in [-0.15, -0.1) is 0 Å². The second-order valence-corrected chi connectivity index (χ2v) is 4.92. The van der Waals surface area contributed by atoms with Crippen LogP contribution in [0.3, 0.4) is 0 Å². The van der Waals surface area contributed by atoms with Crippen LogP contribution >= 0.6 is 22.6 Å². The monoisotopic (exact) mass is 319 g/mol. The van der Waals surface area contributed by atoms with Crippen molar-refractivity contribution < 1.29 is 0 Å². The van der Waals surface area contributed by atoms with E-state index in [1.807, 2.05) is 6.07 Å². The zero-order valence-electron chi connectivity index (χ0n) is 8.57. The second kappa shape index (κ2) is 3.94. The standard InChI is InChI=1S/C14H10IN/c15-12-8-4-7-11-9-13(16-14(11)12)10-5-2-1-3-6-10/h1-9,16H. The van der Waals surface area contributed by atoms with E-state index in [-0.39, 0.29) is 0 Å². The molecule has 0 aliphatic carbocycles. The highest BCUT2D eigenvalue weighted by Gasteiger charge is 2.04. The Kier molecular flexibility index (Phi) is 2.44. The largest absolute Gasteiger partial charge is 0.354 e. The highest BCUT2D eigenvalue weighted by molar-refractivity contribution is 14.1. The topological polar surface area (TPSA) is 15.8 Å². The van der Waals surface area contributed by atoms with Crippen molar-refractivity contribution in [3.05, 3.63) is 58.2 Å². The maximum absolute atomic E-state index is 3.47.